The molecule has 3 amide bonds. The van der Waals surface area contributed by atoms with Crippen LogP contribution in [0.5, 0.6) is 0 Å². The van der Waals surface area contributed by atoms with Crippen molar-refractivity contribution in [1.82, 2.24) is 10.2 Å². The molecule has 0 spiro atoms. The maximum absolute atomic E-state index is 12.7. The molecule has 0 bridgehead atoms. The number of piperidine rings is 1. The maximum atomic E-state index is 12.7. The van der Waals surface area contributed by atoms with Crippen molar-refractivity contribution in [3.05, 3.63) is 65.2 Å². The molecule has 8 heteroatoms. The van der Waals surface area contributed by atoms with Crippen molar-refractivity contribution in [2.24, 2.45) is 0 Å². The van der Waals surface area contributed by atoms with E-state index in [1.807, 2.05) is 24.3 Å². The van der Waals surface area contributed by atoms with E-state index in [4.69, 9.17) is 0 Å². The Bertz CT molecular complexity index is 935. The number of nitrogens with one attached hydrogen (secondary N) is 1. The van der Waals surface area contributed by atoms with Crippen LogP contribution in [-0.2, 0) is 23.9 Å². The summed E-state index contributed by atoms with van der Waals surface area (Å²) in [7, 11) is 0. The Labute approximate surface area is 172 Å². The predicted octanol–water partition coefficient (Wildman–Crippen LogP) is 3.97. The Morgan fingerprint density at radius 1 is 1.03 bits per heavy atom. The lowest BCUT2D eigenvalue weighted by molar-refractivity contribution is -0.137. The number of hydrogen-bond donors (Lipinski definition) is 1. The summed E-state index contributed by atoms with van der Waals surface area (Å²) in [5, 5.41) is 2.89. The molecule has 1 fully saturated rings. The fourth-order valence-corrected chi connectivity index (χ4v) is 4.09. The Morgan fingerprint density at radius 3 is 2.37 bits per heavy atom. The number of benzene rings is 2. The van der Waals surface area contributed by atoms with Gasteiger partial charge in [0.15, 0.2) is 0 Å². The van der Waals surface area contributed by atoms with E-state index in [-0.39, 0.29) is 24.4 Å². The fourth-order valence-electron chi connectivity index (χ4n) is 4.09. The first-order chi connectivity index (χ1) is 14.3. The smallest absolute Gasteiger partial charge is 0.342 e. The summed E-state index contributed by atoms with van der Waals surface area (Å²) in [5.41, 5.74) is 1.81. The van der Waals surface area contributed by atoms with Crippen molar-refractivity contribution in [1.29, 1.82) is 0 Å². The van der Waals surface area contributed by atoms with Crippen LogP contribution in [0.1, 0.15) is 29.5 Å². The number of urea groups is 1. The van der Waals surface area contributed by atoms with Gasteiger partial charge in [0.05, 0.1) is 17.7 Å². The minimum Gasteiger partial charge on any atom is -0.342 e. The van der Waals surface area contributed by atoms with E-state index < -0.39 is 11.7 Å². The minimum absolute atomic E-state index is 0.00145. The number of carbonyl (C=O) groups is 2. The number of anilines is 1. The fraction of sp³-hybridized carbons (Fsp3) is 0.364. The van der Waals surface area contributed by atoms with E-state index in [0.717, 1.165) is 23.4 Å². The first kappa shape index (κ1) is 20.3. The van der Waals surface area contributed by atoms with Crippen LogP contribution in [-0.4, -0.2) is 36.0 Å². The minimum atomic E-state index is -4.39. The van der Waals surface area contributed by atoms with Crippen LogP contribution in [0, 0.1) is 0 Å². The van der Waals surface area contributed by atoms with Gasteiger partial charge in [-0.2, -0.15) is 13.2 Å². The molecule has 1 saturated heterocycles. The number of nitrogens with zero attached hydrogens (tertiary/aromatic N) is 2. The Hall–Kier alpha value is -3.03. The van der Waals surface area contributed by atoms with Gasteiger partial charge in [0.1, 0.15) is 0 Å². The molecule has 0 unspecified atom stereocenters. The number of carbonyl (C=O) groups excluding carboxylic acids is 2. The topological polar surface area (TPSA) is 52.7 Å². The van der Waals surface area contributed by atoms with Crippen molar-refractivity contribution in [2.75, 3.05) is 18.0 Å². The molecule has 0 aliphatic carbocycles. The molecule has 158 valence electrons. The molecule has 0 radical (unpaired) electrons. The first-order valence-corrected chi connectivity index (χ1v) is 9.92. The highest BCUT2D eigenvalue weighted by atomic mass is 19.4. The lowest BCUT2D eigenvalue weighted by Gasteiger charge is -2.41. The quantitative estimate of drug-likeness (QED) is 0.822. The van der Waals surface area contributed by atoms with E-state index in [0.29, 0.717) is 38.0 Å². The number of para-hydroxylation sites is 1. The maximum Gasteiger partial charge on any atom is 0.416 e. The second-order valence-electron chi connectivity index (χ2n) is 7.64. The average molecular weight is 417 g/mol. The Morgan fingerprint density at radius 2 is 1.70 bits per heavy atom. The van der Waals surface area contributed by atoms with Crippen molar-refractivity contribution in [3.8, 4) is 0 Å². The molecule has 30 heavy (non-hydrogen) atoms. The van der Waals surface area contributed by atoms with Crippen molar-refractivity contribution in [3.63, 3.8) is 0 Å². The van der Waals surface area contributed by atoms with Crippen LogP contribution in [0.25, 0.3) is 0 Å². The summed E-state index contributed by atoms with van der Waals surface area (Å²) < 4.78 is 38.0. The second kappa shape index (κ2) is 8.01. The number of amides is 3. The number of hydrogen-bond acceptors (Lipinski definition) is 2. The summed E-state index contributed by atoms with van der Waals surface area (Å²) in [4.78, 5) is 28.6. The third-order valence-corrected chi connectivity index (χ3v) is 5.72. The zero-order chi connectivity index (χ0) is 21.3. The number of alkyl halides is 3. The van der Waals surface area contributed by atoms with Crippen molar-refractivity contribution >= 4 is 17.6 Å². The van der Waals surface area contributed by atoms with E-state index in [9.17, 15) is 22.8 Å². The standard InChI is InChI=1S/C22H22F3N3O2/c23-22(24,25)17-7-5-15(6-8-17)13-20(29)27-11-9-18(10-12-27)28-19-4-2-1-3-16(19)14-26-21(28)30/h1-8,18H,9-14H2,(H,26,30). The zero-order valence-corrected chi connectivity index (χ0v) is 16.3. The zero-order valence-electron chi connectivity index (χ0n) is 16.3. The van der Waals surface area contributed by atoms with E-state index in [1.165, 1.54) is 12.1 Å². The molecule has 0 saturated carbocycles. The highest BCUT2D eigenvalue weighted by Crippen LogP contribution is 2.31. The highest BCUT2D eigenvalue weighted by molar-refractivity contribution is 5.95. The summed E-state index contributed by atoms with van der Waals surface area (Å²) in [6.45, 7) is 1.53. The average Bonchev–Trinajstić information content (AvgIpc) is 2.73. The van der Waals surface area contributed by atoms with Gasteiger partial charge in [-0.15, -0.1) is 0 Å². The lowest BCUT2D eigenvalue weighted by Crippen LogP contribution is -2.54. The molecule has 2 aromatic rings. The van der Waals surface area contributed by atoms with Gasteiger partial charge in [-0.05, 0) is 42.2 Å². The van der Waals surface area contributed by atoms with E-state index in [1.54, 1.807) is 9.80 Å². The third-order valence-electron chi connectivity index (χ3n) is 5.72. The summed E-state index contributed by atoms with van der Waals surface area (Å²) >= 11 is 0. The van der Waals surface area contributed by atoms with Gasteiger partial charge in [0, 0.05) is 25.7 Å². The largest absolute Gasteiger partial charge is 0.416 e. The SMILES string of the molecule is O=C(Cc1ccc(C(F)(F)F)cc1)N1CCC(N2C(=O)NCc3ccccc32)CC1. The Kier molecular flexibility index (Phi) is 5.40. The predicted molar refractivity (Wildman–Crippen MR) is 106 cm³/mol. The van der Waals surface area contributed by atoms with Crippen LogP contribution >= 0.6 is 0 Å². The van der Waals surface area contributed by atoms with E-state index >= 15 is 0 Å². The van der Waals surface area contributed by atoms with Crippen molar-refractivity contribution < 1.29 is 22.8 Å². The van der Waals surface area contributed by atoms with Gasteiger partial charge in [-0.25, -0.2) is 4.79 Å². The number of halogens is 3. The summed E-state index contributed by atoms with van der Waals surface area (Å²) in [6.07, 6.45) is -3.01. The number of fused-ring (bicyclic) bond motifs is 1. The second-order valence-corrected chi connectivity index (χ2v) is 7.64. The highest BCUT2D eigenvalue weighted by Gasteiger charge is 2.34. The van der Waals surface area contributed by atoms with Gasteiger partial charge >= 0.3 is 12.2 Å². The molecule has 1 N–H and O–H groups in total. The molecule has 0 aromatic heterocycles. The molecule has 2 aliphatic heterocycles. The summed E-state index contributed by atoms with van der Waals surface area (Å²) in [6, 6.07) is 12.4. The molecule has 0 atom stereocenters. The van der Waals surface area contributed by atoms with Crippen molar-refractivity contribution in [2.45, 2.75) is 38.0 Å². The first-order valence-electron chi connectivity index (χ1n) is 9.92. The van der Waals surface area contributed by atoms with Gasteiger partial charge < -0.3 is 10.2 Å². The monoisotopic (exact) mass is 417 g/mol. The molecular formula is C22H22F3N3O2. The van der Waals surface area contributed by atoms with Crippen LogP contribution in [0.3, 0.4) is 0 Å². The van der Waals surface area contributed by atoms with Crippen LogP contribution in [0.4, 0.5) is 23.7 Å². The number of likely N-dealkylation sites (tertiary alicyclic amines) is 1. The lowest BCUT2D eigenvalue weighted by atomic mass is 9.99. The molecule has 2 heterocycles. The molecule has 5 nitrogen and oxygen atoms in total. The number of rotatable bonds is 3. The van der Waals surface area contributed by atoms with Gasteiger partial charge in [0.2, 0.25) is 5.91 Å². The van der Waals surface area contributed by atoms with Crippen LogP contribution in [0.2, 0.25) is 0 Å². The molecule has 2 aliphatic rings. The van der Waals surface area contributed by atoms with Crippen LogP contribution < -0.4 is 10.2 Å². The third kappa shape index (κ3) is 4.13. The van der Waals surface area contributed by atoms with Gasteiger partial charge in [-0.1, -0.05) is 30.3 Å². The molecule has 2 aromatic carbocycles. The molecule has 4 rings (SSSR count). The Balaban J connectivity index is 1.37. The van der Waals surface area contributed by atoms with Gasteiger partial charge in [-0.3, -0.25) is 9.69 Å². The normalized spacial score (nSPS) is 17.5. The van der Waals surface area contributed by atoms with Gasteiger partial charge in [0.25, 0.3) is 0 Å². The van der Waals surface area contributed by atoms with E-state index in [2.05, 4.69) is 5.32 Å². The van der Waals surface area contributed by atoms with Crippen LogP contribution in [0.15, 0.2) is 48.5 Å². The molecular weight excluding hydrogens is 395 g/mol. The summed E-state index contributed by atoms with van der Waals surface area (Å²) in [5.74, 6) is -0.114.